The molecule has 2 amide bonds. The lowest BCUT2D eigenvalue weighted by molar-refractivity contribution is -0.117. The Bertz CT molecular complexity index is 588. The SMILES string of the molecule is CCNC(=NCc1ccc(C(=O)NCC(N)=O)cc1)NC(C)(C)C. The molecule has 0 bridgehead atoms. The Hall–Kier alpha value is -2.57. The Labute approximate surface area is 143 Å². The van der Waals surface area contributed by atoms with Crippen molar-refractivity contribution in [3.05, 3.63) is 35.4 Å². The number of benzene rings is 1. The molecule has 1 rings (SSSR count). The molecule has 0 saturated heterocycles. The van der Waals surface area contributed by atoms with E-state index in [2.05, 4.69) is 41.7 Å². The second kappa shape index (κ2) is 8.90. The summed E-state index contributed by atoms with van der Waals surface area (Å²) in [7, 11) is 0. The topological polar surface area (TPSA) is 109 Å². The number of nitrogens with two attached hydrogens (primary N) is 1. The Morgan fingerprint density at radius 1 is 1.12 bits per heavy atom. The van der Waals surface area contributed by atoms with Gasteiger partial charge in [0.2, 0.25) is 5.91 Å². The first-order chi connectivity index (χ1) is 11.2. The van der Waals surface area contributed by atoms with E-state index >= 15 is 0 Å². The number of nitrogens with one attached hydrogen (secondary N) is 3. The van der Waals surface area contributed by atoms with Crippen LogP contribution in [0.25, 0.3) is 0 Å². The first-order valence-electron chi connectivity index (χ1n) is 7.93. The second-order valence-electron chi connectivity index (χ2n) is 6.42. The standard InChI is InChI=1S/C17H27N5O2/c1-5-19-16(22-17(2,3)4)21-10-12-6-8-13(9-7-12)15(24)20-11-14(18)23/h6-9H,5,10-11H2,1-4H3,(H2,18,23)(H,20,24)(H2,19,21,22). The highest BCUT2D eigenvalue weighted by atomic mass is 16.2. The largest absolute Gasteiger partial charge is 0.368 e. The fraction of sp³-hybridized carbons (Fsp3) is 0.471. The van der Waals surface area contributed by atoms with Gasteiger partial charge >= 0.3 is 0 Å². The van der Waals surface area contributed by atoms with Crippen molar-refractivity contribution in [2.45, 2.75) is 39.8 Å². The molecule has 0 aliphatic rings. The number of guanidine groups is 1. The Balaban J connectivity index is 2.69. The Morgan fingerprint density at radius 2 is 1.75 bits per heavy atom. The number of rotatable bonds is 6. The van der Waals surface area contributed by atoms with Gasteiger partial charge < -0.3 is 21.7 Å². The molecular weight excluding hydrogens is 306 g/mol. The highest BCUT2D eigenvalue weighted by molar-refractivity contribution is 5.96. The quantitative estimate of drug-likeness (QED) is 0.455. The summed E-state index contributed by atoms with van der Waals surface area (Å²) in [5, 5.41) is 8.96. The van der Waals surface area contributed by atoms with E-state index in [1.807, 2.05) is 19.1 Å². The monoisotopic (exact) mass is 333 g/mol. The minimum absolute atomic E-state index is 0.0800. The summed E-state index contributed by atoms with van der Waals surface area (Å²) in [5.41, 5.74) is 6.37. The summed E-state index contributed by atoms with van der Waals surface area (Å²) >= 11 is 0. The maximum Gasteiger partial charge on any atom is 0.251 e. The molecule has 0 atom stereocenters. The summed E-state index contributed by atoms with van der Waals surface area (Å²) in [6.07, 6.45) is 0. The highest BCUT2D eigenvalue weighted by Crippen LogP contribution is 2.06. The van der Waals surface area contributed by atoms with Gasteiger partial charge in [-0.25, -0.2) is 4.99 Å². The summed E-state index contributed by atoms with van der Waals surface area (Å²) in [6.45, 7) is 9.32. The Kier molecular flexibility index (Phi) is 7.23. The lowest BCUT2D eigenvalue weighted by atomic mass is 10.1. The van der Waals surface area contributed by atoms with Gasteiger partial charge in [-0.3, -0.25) is 9.59 Å². The van der Waals surface area contributed by atoms with Crippen molar-refractivity contribution in [1.29, 1.82) is 0 Å². The highest BCUT2D eigenvalue weighted by Gasteiger charge is 2.11. The third-order valence-corrected chi connectivity index (χ3v) is 2.90. The van der Waals surface area contributed by atoms with Gasteiger partial charge in [0.05, 0.1) is 13.1 Å². The number of hydrogen-bond acceptors (Lipinski definition) is 3. The third kappa shape index (κ3) is 7.62. The van der Waals surface area contributed by atoms with Crippen molar-refractivity contribution in [2.75, 3.05) is 13.1 Å². The van der Waals surface area contributed by atoms with Crippen LogP contribution in [0.3, 0.4) is 0 Å². The number of nitrogens with zero attached hydrogens (tertiary/aromatic N) is 1. The van der Waals surface area contributed by atoms with Gasteiger partial charge in [-0.05, 0) is 45.4 Å². The zero-order valence-electron chi connectivity index (χ0n) is 14.8. The smallest absolute Gasteiger partial charge is 0.251 e. The van der Waals surface area contributed by atoms with Gasteiger partial charge in [-0.15, -0.1) is 0 Å². The predicted molar refractivity (Wildman–Crippen MR) is 95.7 cm³/mol. The lowest BCUT2D eigenvalue weighted by Gasteiger charge is -2.23. The van der Waals surface area contributed by atoms with Gasteiger partial charge in [-0.1, -0.05) is 12.1 Å². The van der Waals surface area contributed by atoms with Crippen LogP contribution in [0.1, 0.15) is 43.6 Å². The van der Waals surface area contributed by atoms with E-state index in [0.717, 1.165) is 18.1 Å². The lowest BCUT2D eigenvalue weighted by Crippen LogP contribution is -2.47. The molecule has 0 radical (unpaired) electrons. The molecule has 0 spiro atoms. The van der Waals surface area contributed by atoms with E-state index in [1.165, 1.54) is 0 Å². The number of primary amides is 1. The molecule has 0 aromatic heterocycles. The molecule has 0 heterocycles. The van der Waals surface area contributed by atoms with Crippen molar-refractivity contribution in [3.8, 4) is 0 Å². The third-order valence-electron chi connectivity index (χ3n) is 2.90. The molecular formula is C17H27N5O2. The van der Waals surface area contributed by atoms with Crippen LogP contribution in [0.2, 0.25) is 0 Å². The second-order valence-corrected chi connectivity index (χ2v) is 6.42. The zero-order valence-corrected chi connectivity index (χ0v) is 14.8. The summed E-state index contributed by atoms with van der Waals surface area (Å²) in [5.74, 6) is -0.156. The molecule has 0 aliphatic heterocycles. The molecule has 7 heteroatoms. The van der Waals surface area contributed by atoms with Crippen LogP contribution in [0, 0.1) is 0 Å². The zero-order chi connectivity index (χ0) is 18.2. The number of aliphatic imine (C=N–C) groups is 1. The van der Waals surface area contributed by atoms with E-state index in [1.54, 1.807) is 12.1 Å². The summed E-state index contributed by atoms with van der Waals surface area (Å²) < 4.78 is 0. The molecule has 7 nitrogen and oxygen atoms in total. The van der Waals surface area contributed by atoms with Crippen LogP contribution in [-0.4, -0.2) is 36.4 Å². The van der Waals surface area contributed by atoms with E-state index in [9.17, 15) is 9.59 Å². The maximum absolute atomic E-state index is 11.8. The van der Waals surface area contributed by atoms with Gasteiger partial charge in [0.15, 0.2) is 5.96 Å². The number of hydrogen-bond donors (Lipinski definition) is 4. The molecule has 0 fully saturated rings. The van der Waals surface area contributed by atoms with Gasteiger partial charge in [0.1, 0.15) is 0 Å². The molecule has 24 heavy (non-hydrogen) atoms. The van der Waals surface area contributed by atoms with Crippen LogP contribution < -0.4 is 21.7 Å². The molecule has 0 unspecified atom stereocenters. The van der Waals surface area contributed by atoms with Crippen LogP contribution in [0.4, 0.5) is 0 Å². The number of carbonyl (C=O) groups excluding carboxylic acids is 2. The minimum Gasteiger partial charge on any atom is -0.368 e. The molecule has 0 saturated carbocycles. The first kappa shape index (κ1) is 19.5. The van der Waals surface area contributed by atoms with Crippen molar-refractivity contribution >= 4 is 17.8 Å². The fourth-order valence-corrected chi connectivity index (χ4v) is 1.86. The average molecular weight is 333 g/mol. The maximum atomic E-state index is 11.8. The van der Waals surface area contributed by atoms with Crippen LogP contribution >= 0.6 is 0 Å². The fourth-order valence-electron chi connectivity index (χ4n) is 1.86. The molecule has 1 aromatic carbocycles. The molecule has 1 aromatic rings. The summed E-state index contributed by atoms with van der Waals surface area (Å²) in [4.78, 5) is 27.0. The first-order valence-corrected chi connectivity index (χ1v) is 7.93. The van der Waals surface area contributed by atoms with Crippen LogP contribution in [-0.2, 0) is 11.3 Å². The van der Waals surface area contributed by atoms with Gasteiger partial charge in [-0.2, -0.15) is 0 Å². The van der Waals surface area contributed by atoms with Crippen molar-refractivity contribution in [2.24, 2.45) is 10.7 Å². The minimum atomic E-state index is -0.573. The van der Waals surface area contributed by atoms with Gasteiger partial charge in [0, 0.05) is 17.6 Å². The molecule has 5 N–H and O–H groups in total. The van der Waals surface area contributed by atoms with E-state index < -0.39 is 5.91 Å². The van der Waals surface area contributed by atoms with Gasteiger partial charge in [0.25, 0.3) is 5.91 Å². The van der Waals surface area contributed by atoms with E-state index in [4.69, 9.17) is 5.73 Å². The molecule has 132 valence electrons. The van der Waals surface area contributed by atoms with Crippen molar-refractivity contribution < 1.29 is 9.59 Å². The van der Waals surface area contributed by atoms with Crippen molar-refractivity contribution in [3.63, 3.8) is 0 Å². The number of amides is 2. The van der Waals surface area contributed by atoms with E-state index in [0.29, 0.717) is 12.1 Å². The predicted octanol–water partition coefficient (Wildman–Crippen LogP) is 0.755. The van der Waals surface area contributed by atoms with Crippen molar-refractivity contribution in [1.82, 2.24) is 16.0 Å². The van der Waals surface area contributed by atoms with E-state index in [-0.39, 0.29) is 18.0 Å². The Morgan fingerprint density at radius 3 is 2.25 bits per heavy atom. The van der Waals surface area contributed by atoms with Crippen LogP contribution in [0.5, 0.6) is 0 Å². The summed E-state index contributed by atoms with van der Waals surface area (Å²) in [6, 6.07) is 7.07. The van der Waals surface area contributed by atoms with Crippen LogP contribution in [0.15, 0.2) is 29.3 Å². The average Bonchev–Trinajstić information content (AvgIpc) is 2.49. The normalized spacial score (nSPS) is 11.8. The molecule has 0 aliphatic carbocycles. The number of carbonyl (C=O) groups is 2.